The number of fused-ring (bicyclic) bond motifs is 1. The number of aryl methyl sites for hydroxylation is 3. The highest BCUT2D eigenvalue weighted by Crippen LogP contribution is 2.41. The number of amides is 1. The molecule has 0 aliphatic heterocycles. The van der Waals surface area contributed by atoms with Crippen molar-refractivity contribution in [3.05, 3.63) is 53.4 Å². The standard InChI is InChI=1S/C23H30N6O2/c1-15-25-16(2)28(27-15)11-10-22(30)26-20-12-23(3,4)13-21-19(20)14-24-29(21)17-6-8-18(31-5)9-7-17/h6-9,14,20H,10-13H2,1-5H3,(H,26,30)/t20-/m1/s1. The minimum absolute atomic E-state index is 0.0124. The third kappa shape index (κ3) is 4.47. The molecule has 0 saturated carbocycles. The largest absolute Gasteiger partial charge is 0.497 e. The minimum atomic E-state index is -0.0585. The van der Waals surface area contributed by atoms with Crippen molar-refractivity contribution in [3.8, 4) is 11.4 Å². The molecular weight excluding hydrogens is 392 g/mol. The summed E-state index contributed by atoms with van der Waals surface area (Å²) < 4.78 is 9.04. The van der Waals surface area contributed by atoms with E-state index < -0.39 is 0 Å². The van der Waals surface area contributed by atoms with Crippen molar-refractivity contribution in [2.75, 3.05) is 7.11 Å². The van der Waals surface area contributed by atoms with Crippen LogP contribution in [0.15, 0.2) is 30.5 Å². The highest BCUT2D eigenvalue weighted by Gasteiger charge is 2.36. The first-order chi connectivity index (χ1) is 14.8. The van der Waals surface area contributed by atoms with E-state index in [2.05, 4.69) is 34.3 Å². The van der Waals surface area contributed by atoms with Crippen LogP contribution >= 0.6 is 0 Å². The normalized spacial score (nSPS) is 17.3. The Hall–Kier alpha value is -3.16. The van der Waals surface area contributed by atoms with E-state index in [4.69, 9.17) is 4.74 Å². The number of ether oxygens (including phenoxy) is 1. The summed E-state index contributed by atoms with van der Waals surface area (Å²) in [5.74, 6) is 2.38. The lowest BCUT2D eigenvalue weighted by Gasteiger charge is -2.36. The molecule has 8 heteroatoms. The van der Waals surface area contributed by atoms with Crippen LogP contribution in [-0.2, 0) is 17.8 Å². The average Bonchev–Trinajstić information content (AvgIpc) is 3.27. The lowest BCUT2D eigenvalue weighted by Crippen LogP contribution is -2.37. The van der Waals surface area contributed by atoms with Gasteiger partial charge in [0.05, 0.1) is 37.3 Å². The van der Waals surface area contributed by atoms with Gasteiger partial charge >= 0.3 is 0 Å². The number of nitrogens with one attached hydrogen (secondary N) is 1. The Morgan fingerprint density at radius 2 is 2.00 bits per heavy atom. The van der Waals surface area contributed by atoms with E-state index in [0.717, 1.165) is 47.2 Å². The molecule has 2 heterocycles. The third-order valence-corrected chi connectivity index (χ3v) is 5.84. The maximum atomic E-state index is 12.8. The molecule has 0 bridgehead atoms. The van der Waals surface area contributed by atoms with Gasteiger partial charge in [0.2, 0.25) is 5.91 Å². The van der Waals surface area contributed by atoms with Gasteiger partial charge in [-0.3, -0.25) is 4.79 Å². The Morgan fingerprint density at radius 1 is 1.26 bits per heavy atom. The Bertz CT molecular complexity index is 1080. The van der Waals surface area contributed by atoms with Gasteiger partial charge in [-0.1, -0.05) is 13.8 Å². The first kappa shape index (κ1) is 21.1. The second-order valence-corrected chi connectivity index (χ2v) is 9.00. The summed E-state index contributed by atoms with van der Waals surface area (Å²) in [6.07, 6.45) is 4.03. The van der Waals surface area contributed by atoms with Crippen molar-refractivity contribution in [3.63, 3.8) is 0 Å². The molecule has 1 aromatic carbocycles. The fraction of sp³-hybridized carbons (Fsp3) is 0.478. The van der Waals surface area contributed by atoms with Crippen LogP contribution in [0.3, 0.4) is 0 Å². The number of rotatable bonds is 6. The SMILES string of the molecule is COc1ccc(-n2ncc3c2CC(C)(C)C[C@H]3NC(=O)CCn2nc(C)nc2C)cc1. The topological polar surface area (TPSA) is 86.9 Å². The zero-order chi connectivity index (χ0) is 22.2. The van der Waals surface area contributed by atoms with Crippen molar-refractivity contribution in [1.29, 1.82) is 0 Å². The molecule has 2 aromatic heterocycles. The predicted octanol–water partition coefficient (Wildman–Crippen LogP) is 3.31. The molecule has 31 heavy (non-hydrogen) atoms. The van der Waals surface area contributed by atoms with Crippen LogP contribution in [0.5, 0.6) is 5.75 Å². The van der Waals surface area contributed by atoms with E-state index >= 15 is 0 Å². The molecule has 1 aliphatic carbocycles. The zero-order valence-corrected chi connectivity index (χ0v) is 18.8. The first-order valence-corrected chi connectivity index (χ1v) is 10.6. The number of carbonyl (C=O) groups is 1. The molecule has 4 rings (SSSR count). The van der Waals surface area contributed by atoms with Crippen LogP contribution in [-0.4, -0.2) is 37.6 Å². The summed E-state index contributed by atoms with van der Waals surface area (Å²) in [6.45, 7) is 8.76. The smallest absolute Gasteiger partial charge is 0.222 e. The average molecular weight is 423 g/mol. The van der Waals surface area contributed by atoms with E-state index in [1.807, 2.05) is 49.0 Å². The Labute approximate surface area is 182 Å². The van der Waals surface area contributed by atoms with Gasteiger partial charge in [0, 0.05) is 12.0 Å². The maximum Gasteiger partial charge on any atom is 0.222 e. The van der Waals surface area contributed by atoms with Gasteiger partial charge < -0.3 is 10.1 Å². The molecule has 8 nitrogen and oxygen atoms in total. The van der Waals surface area contributed by atoms with Crippen LogP contribution < -0.4 is 10.1 Å². The van der Waals surface area contributed by atoms with Gasteiger partial charge in [-0.15, -0.1) is 0 Å². The van der Waals surface area contributed by atoms with Gasteiger partial charge in [-0.2, -0.15) is 10.2 Å². The number of carbonyl (C=O) groups excluding carboxylic acids is 1. The van der Waals surface area contributed by atoms with Crippen LogP contribution in [0.2, 0.25) is 0 Å². The first-order valence-electron chi connectivity index (χ1n) is 10.6. The van der Waals surface area contributed by atoms with Gasteiger partial charge in [0.1, 0.15) is 17.4 Å². The van der Waals surface area contributed by atoms with Gasteiger partial charge in [0.25, 0.3) is 0 Å². The lowest BCUT2D eigenvalue weighted by atomic mass is 9.74. The Kier molecular flexibility index (Phi) is 5.56. The van der Waals surface area contributed by atoms with Crippen molar-refractivity contribution in [1.82, 2.24) is 29.9 Å². The molecule has 1 amide bonds. The molecule has 3 aromatic rings. The Morgan fingerprint density at radius 3 is 2.65 bits per heavy atom. The van der Waals surface area contributed by atoms with E-state index in [1.165, 1.54) is 0 Å². The summed E-state index contributed by atoms with van der Waals surface area (Å²) in [5, 5.41) is 12.2. The number of methoxy groups -OCH3 is 1. The highest BCUT2D eigenvalue weighted by atomic mass is 16.5. The number of nitrogens with zero attached hydrogens (tertiary/aromatic N) is 5. The number of benzene rings is 1. The molecule has 0 radical (unpaired) electrons. The number of hydrogen-bond donors (Lipinski definition) is 1. The van der Waals surface area contributed by atoms with E-state index in [9.17, 15) is 4.79 Å². The maximum absolute atomic E-state index is 12.8. The fourth-order valence-corrected chi connectivity index (χ4v) is 4.36. The summed E-state index contributed by atoms with van der Waals surface area (Å²) in [7, 11) is 1.66. The van der Waals surface area contributed by atoms with Crippen LogP contribution in [0.4, 0.5) is 0 Å². The van der Waals surface area contributed by atoms with Crippen molar-refractivity contribution < 1.29 is 9.53 Å². The molecule has 164 valence electrons. The third-order valence-electron chi connectivity index (χ3n) is 5.84. The molecule has 1 atom stereocenters. The molecule has 1 N–H and O–H groups in total. The molecular formula is C23H30N6O2. The lowest BCUT2D eigenvalue weighted by molar-refractivity contribution is -0.122. The van der Waals surface area contributed by atoms with Gasteiger partial charge in [-0.05, 0) is 56.4 Å². The molecule has 1 aliphatic rings. The van der Waals surface area contributed by atoms with E-state index in [1.54, 1.807) is 11.8 Å². The minimum Gasteiger partial charge on any atom is -0.497 e. The van der Waals surface area contributed by atoms with Crippen LogP contribution in [0, 0.1) is 19.3 Å². The summed E-state index contributed by atoms with van der Waals surface area (Å²) in [5.41, 5.74) is 3.28. The summed E-state index contributed by atoms with van der Waals surface area (Å²) >= 11 is 0. The van der Waals surface area contributed by atoms with Gasteiger partial charge in [-0.25, -0.2) is 14.3 Å². The predicted molar refractivity (Wildman–Crippen MR) is 117 cm³/mol. The Balaban J connectivity index is 1.52. The van der Waals surface area contributed by atoms with Crippen molar-refractivity contribution in [2.24, 2.45) is 5.41 Å². The second kappa shape index (κ2) is 8.17. The number of aromatic nitrogens is 5. The van der Waals surface area contributed by atoms with E-state index in [-0.39, 0.29) is 17.4 Å². The number of hydrogen-bond acceptors (Lipinski definition) is 5. The summed E-state index contributed by atoms with van der Waals surface area (Å²) in [4.78, 5) is 17.1. The molecule has 0 unspecified atom stereocenters. The zero-order valence-electron chi connectivity index (χ0n) is 18.8. The quantitative estimate of drug-likeness (QED) is 0.659. The fourth-order valence-electron chi connectivity index (χ4n) is 4.36. The second-order valence-electron chi connectivity index (χ2n) is 9.00. The monoisotopic (exact) mass is 422 g/mol. The molecule has 0 spiro atoms. The summed E-state index contributed by atoms with van der Waals surface area (Å²) in [6, 6.07) is 7.82. The van der Waals surface area contributed by atoms with Crippen molar-refractivity contribution >= 4 is 5.91 Å². The van der Waals surface area contributed by atoms with Crippen molar-refractivity contribution in [2.45, 2.75) is 59.5 Å². The van der Waals surface area contributed by atoms with E-state index in [0.29, 0.717) is 13.0 Å². The van der Waals surface area contributed by atoms with Crippen LogP contribution in [0.25, 0.3) is 5.69 Å². The molecule has 0 fully saturated rings. The van der Waals surface area contributed by atoms with Gasteiger partial charge in [0.15, 0.2) is 0 Å². The molecule has 0 saturated heterocycles. The highest BCUT2D eigenvalue weighted by molar-refractivity contribution is 5.76. The van der Waals surface area contributed by atoms with Crippen LogP contribution in [0.1, 0.15) is 55.6 Å².